The highest BCUT2D eigenvalue weighted by Gasteiger charge is 2.57. The number of alkyl halides is 1. The van der Waals surface area contributed by atoms with Crippen LogP contribution in [0.1, 0.15) is 45.4 Å². The van der Waals surface area contributed by atoms with Crippen LogP contribution in [-0.2, 0) is 9.59 Å². The third kappa shape index (κ3) is 1.75. The topological polar surface area (TPSA) is 34.1 Å². The minimum absolute atomic E-state index is 0.0814. The molecule has 0 aliphatic heterocycles. The van der Waals surface area contributed by atoms with E-state index in [4.69, 9.17) is 0 Å². The molecule has 2 fully saturated rings. The molecule has 4 rings (SSSR count). The van der Waals surface area contributed by atoms with Crippen LogP contribution in [0.5, 0.6) is 0 Å². The van der Waals surface area contributed by atoms with Crippen LogP contribution in [-0.4, -0.2) is 17.7 Å². The second kappa shape index (κ2) is 4.37. The summed E-state index contributed by atoms with van der Waals surface area (Å²) in [4.78, 5) is 23.9. The van der Waals surface area contributed by atoms with E-state index in [9.17, 15) is 14.0 Å². The van der Waals surface area contributed by atoms with Crippen LogP contribution in [0.2, 0.25) is 0 Å². The third-order valence-electron chi connectivity index (χ3n) is 6.42. The lowest BCUT2D eigenvalue weighted by molar-refractivity contribution is -0.131. The van der Waals surface area contributed by atoms with Crippen molar-refractivity contribution in [3.05, 3.63) is 23.3 Å². The van der Waals surface area contributed by atoms with Crippen molar-refractivity contribution in [1.82, 2.24) is 0 Å². The minimum Gasteiger partial charge on any atom is -0.299 e. The SMILES string of the molecule is C[C@]12C[C@H](F)C3C4=C(C=CC3C1CCC2=O)CC(=O)CC4. The van der Waals surface area contributed by atoms with Gasteiger partial charge in [0.25, 0.3) is 0 Å². The summed E-state index contributed by atoms with van der Waals surface area (Å²) in [6, 6.07) is 0. The fourth-order valence-electron chi connectivity index (χ4n) is 5.33. The monoisotopic (exact) mass is 288 g/mol. The first kappa shape index (κ1) is 13.4. The molecule has 2 saturated carbocycles. The molecule has 0 N–H and O–H groups in total. The van der Waals surface area contributed by atoms with Gasteiger partial charge in [-0.15, -0.1) is 0 Å². The van der Waals surface area contributed by atoms with Gasteiger partial charge < -0.3 is 0 Å². The van der Waals surface area contributed by atoms with Gasteiger partial charge in [0.1, 0.15) is 17.7 Å². The van der Waals surface area contributed by atoms with Crippen molar-refractivity contribution in [2.75, 3.05) is 0 Å². The van der Waals surface area contributed by atoms with E-state index in [0.29, 0.717) is 25.7 Å². The van der Waals surface area contributed by atoms with Gasteiger partial charge in [-0.05, 0) is 36.7 Å². The molecule has 0 saturated heterocycles. The summed E-state index contributed by atoms with van der Waals surface area (Å²) in [5.74, 6) is 0.869. The fourth-order valence-corrected chi connectivity index (χ4v) is 5.33. The number of fused-ring (bicyclic) bond motifs is 4. The molecule has 2 nitrogen and oxygen atoms in total. The Kier molecular flexibility index (Phi) is 2.79. The van der Waals surface area contributed by atoms with E-state index in [1.54, 1.807) is 0 Å². The average Bonchev–Trinajstić information content (AvgIpc) is 2.74. The second-order valence-electron chi connectivity index (χ2n) is 7.43. The molecule has 3 unspecified atom stereocenters. The van der Waals surface area contributed by atoms with Crippen LogP contribution in [0.15, 0.2) is 23.3 Å². The standard InChI is InChI=1S/C18H21FO2/c1-18-9-15(19)17-12-5-3-11(20)8-10(12)2-4-13(17)14(18)6-7-16(18)21/h2,4,13-15,17H,3,5-9H2,1H3/t13?,14?,15-,17?,18-/m0/s1. The number of allylic oxidation sites excluding steroid dienone is 4. The van der Waals surface area contributed by atoms with Crippen LogP contribution < -0.4 is 0 Å². The number of rotatable bonds is 0. The Hall–Kier alpha value is -1.25. The van der Waals surface area contributed by atoms with Gasteiger partial charge in [0, 0.05) is 30.6 Å². The number of ketones is 2. The predicted octanol–water partition coefficient (Wildman–Crippen LogP) is 3.57. The highest BCUT2D eigenvalue weighted by molar-refractivity contribution is 5.87. The summed E-state index contributed by atoms with van der Waals surface area (Å²) >= 11 is 0. The third-order valence-corrected chi connectivity index (χ3v) is 6.42. The number of Topliss-reactive ketones (excluding diaryl/α,β-unsaturated/α-hetero) is 2. The lowest BCUT2D eigenvalue weighted by atomic mass is 9.55. The highest BCUT2D eigenvalue weighted by atomic mass is 19.1. The molecule has 0 bridgehead atoms. The van der Waals surface area contributed by atoms with Crippen LogP contribution in [0, 0.1) is 23.2 Å². The molecule has 21 heavy (non-hydrogen) atoms. The Morgan fingerprint density at radius 2 is 2.05 bits per heavy atom. The van der Waals surface area contributed by atoms with Gasteiger partial charge in [0.05, 0.1) is 0 Å². The number of hydrogen-bond acceptors (Lipinski definition) is 2. The summed E-state index contributed by atoms with van der Waals surface area (Å²) in [6.07, 6.45) is 6.84. The van der Waals surface area contributed by atoms with E-state index >= 15 is 0 Å². The number of carbonyl (C=O) groups is 2. The lowest BCUT2D eigenvalue weighted by Crippen LogP contribution is -2.48. The van der Waals surface area contributed by atoms with E-state index < -0.39 is 11.6 Å². The Balaban J connectivity index is 1.74. The predicted molar refractivity (Wildman–Crippen MR) is 77.4 cm³/mol. The Morgan fingerprint density at radius 3 is 2.86 bits per heavy atom. The van der Waals surface area contributed by atoms with Gasteiger partial charge in [-0.25, -0.2) is 4.39 Å². The zero-order chi connectivity index (χ0) is 14.8. The maximum absolute atomic E-state index is 14.9. The molecule has 0 aromatic rings. The maximum atomic E-state index is 14.9. The molecule has 4 aliphatic rings. The fraction of sp³-hybridized carbons (Fsp3) is 0.667. The lowest BCUT2D eigenvalue weighted by Gasteiger charge is -2.49. The zero-order valence-electron chi connectivity index (χ0n) is 12.4. The van der Waals surface area contributed by atoms with Crippen LogP contribution in [0.4, 0.5) is 4.39 Å². The molecule has 112 valence electrons. The number of halogens is 1. The summed E-state index contributed by atoms with van der Waals surface area (Å²) in [7, 11) is 0. The zero-order valence-corrected chi connectivity index (χ0v) is 12.4. The first-order chi connectivity index (χ1) is 10.0. The Morgan fingerprint density at radius 1 is 1.24 bits per heavy atom. The van der Waals surface area contributed by atoms with Crippen molar-refractivity contribution in [2.45, 2.75) is 51.6 Å². The summed E-state index contributed by atoms with van der Waals surface area (Å²) in [5.41, 5.74) is 1.77. The molecule has 3 heteroatoms. The van der Waals surface area contributed by atoms with E-state index in [2.05, 4.69) is 12.2 Å². The molecule has 0 spiro atoms. The normalized spacial score (nSPS) is 45.4. The molecule has 0 amide bonds. The number of hydrogen-bond donors (Lipinski definition) is 0. The molecule has 0 heterocycles. The quantitative estimate of drug-likeness (QED) is 0.683. The highest BCUT2D eigenvalue weighted by Crippen LogP contribution is 2.58. The van der Waals surface area contributed by atoms with Gasteiger partial charge in [-0.3, -0.25) is 9.59 Å². The van der Waals surface area contributed by atoms with Crippen molar-refractivity contribution >= 4 is 11.6 Å². The van der Waals surface area contributed by atoms with Gasteiger partial charge in [-0.2, -0.15) is 0 Å². The molecule has 0 aromatic heterocycles. The van der Waals surface area contributed by atoms with Crippen LogP contribution >= 0.6 is 0 Å². The van der Waals surface area contributed by atoms with Crippen molar-refractivity contribution in [2.24, 2.45) is 23.2 Å². The van der Waals surface area contributed by atoms with Crippen molar-refractivity contribution in [3.63, 3.8) is 0 Å². The minimum atomic E-state index is -0.943. The van der Waals surface area contributed by atoms with E-state index in [-0.39, 0.29) is 29.3 Å². The van der Waals surface area contributed by atoms with Crippen molar-refractivity contribution < 1.29 is 14.0 Å². The van der Waals surface area contributed by atoms with Gasteiger partial charge in [0.15, 0.2) is 0 Å². The second-order valence-corrected chi connectivity index (χ2v) is 7.43. The summed E-state index contributed by atoms with van der Waals surface area (Å²) in [6.45, 7) is 1.97. The maximum Gasteiger partial charge on any atom is 0.139 e. The Labute approximate surface area is 124 Å². The molecular formula is C18H21FO2. The van der Waals surface area contributed by atoms with Crippen molar-refractivity contribution in [1.29, 1.82) is 0 Å². The van der Waals surface area contributed by atoms with Gasteiger partial charge in [0.2, 0.25) is 0 Å². The van der Waals surface area contributed by atoms with E-state index in [1.807, 2.05) is 6.92 Å². The van der Waals surface area contributed by atoms with Gasteiger partial charge in [-0.1, -0.05) is 24.6 Å². The summed E-state index contributed by atoms with van der Waals surface area (Å²) in [5, 5.41) is 0. The van der Waals surface area contributed by atoms with Gasteiger partial charge >= 0.3 is 0 Å². The van der Waals surface area contributed by atoms with Crippen LogP contribution in [0.25, 0.3) is 0 Å². The van der Waals surface area contributed by atoms with Crippen LogP contribution in [0.3, 0.4) is 0 Å². The van der Waals surface area contributed by atoms with Crippen molar-refractivity contribution in [3.8, 4) is 0 Å². The largest absolute Gasteiger partial charge is 0.299 e. The van der Waals surface area contributed by atoms with E-state index in [0.717, 1.165) is 18.4 Å². The molecule has 0 radical (unpaired) electrons. The number of carbonyl (C=O) groups excluding carboxylic acids is 2. The molecular weight excluding hydrogens is 267 g/mol. The average molecular weight is 288 g/mol. The Bertz CT molecular complexity index is 588. The summed E-state index contributed by atoms with van der Waals surface area (Å²) < 4.78 is 14.9. The molecule has 4 aliphatic carbocycles. The smallest absolute Gasteiger partial charge is 0.139 e. The first-order valence-electron chi connectivity index (χ1n) is 8.10. The molecule has 5 atom stereocenters. The molecule has 0 aromatic carbocycles. The first-order valence-corrected chi connectivity index (χ1v) is 8.10. The van der Waals surface area contributed by atoms with E-state index in [1.165, 1.54) is 5.57 Å².